The molecule has 1 aromatic carbocycles. The zero-order valence-corrected chi connectivity index (χ0v) is 13.1. The van der Waals surface area contributed by atoms with Gasteiger partial charge in [0.2, 0.25) is 0 Å². The normalized spacial score (nSPS) is 10.6. The summed E-state index contributed by atoms with van der Waals surface area (Å²) in [6.45, 7) is 3.68. The summed E-state index contributed by atoms with van der Waals surface area (Å²) in [5.41, 5.74) is 2.76. The number of benzene rings is 1. The van der Waals surface area contributed by atoms with Gasteiger partial charge in [-0.25, -0.2) is 0 Å². The second-order valence-corrected chi connectivity index (χ2v) is 5.54. The second kappa shape index (κ2) is 5.35. The molecule has 0 aliphatic heterocycles. The molecule has 0 saturated heterocycles. The van der Waals surface area contributed by atoms with E-state index in [1.54, 1.807) is 22.9 Å². The number of amides is 1. The first-order valence-corrected chi connectivity index (χ1v) is 6.84. The van der Waals surface area contributed by atoms with Gasteiger partial charge in [-0.1, -0.05) is 11.6 Å². The van der Waals surface area contributed by atoms with Gasteiger partial charge in [-0.15, -0.1) is 0 Å². The highest BCUT2D eigenvalue weighted by Gasteiger charge is 2.18. The average Bonchev–Trinajstić information content (AvgIpc) is 2.58. The minimum Gasteiger partial charge on any atom is -0.321 e. The number of halogens is 2. The van der Waals surface area contributed by atoms with Gasteiger partial charge in [0.15, 0.2) is 0 Å². The Balaban J connectivity index is 2.33. The van der Waals surface area contributed by atoms with Crippen LogP contribution >= 0.6 is 27.5 Å². The third-order valence-electron chi connectivity index (χ3n) is 2.91. The number of carbonyl (C=O) groups is 1. The van der Waals surface area contributed by atoms with Crippen LogP contribution in [0.25, 0.3) is 0 Å². The number of hydrogen-bond acceptors (Lipinski definition) is 2. The van der Waals surface area contributed by atoms with E-state index in [4.69, 9.17) is 11.6 Å². The Labute approximate surface area is 124 Å². The van der Waals surface area contributed by atoms with Crippen LogP contribution < -0.4 is 5.32 Å². The molecule has 6 heteroatoms. The zero-order valence-electron chi connectivity index (χ0n) is 10.8. The van der Waals surface area contributed by atoms with Crippen molar-refractivity contribution in [1.82, 2.24) is 9.78 Å². The fraction of sp³-hybridized carbons (Fsp3) is 0.231. The van der Waals surface area contributed by atoms with Crippen molar-refractivity contribution in [3.8, 4) is 0 Å². The Morgan fingerprint density at radius 2 is 2.11 bits per heavy atom. The molecule has 1 amide bonds. The van der Waals surface area contributed by atoms with E-state index in [-0.39, 0.29) is 5.91 Å². The van der Waals surface area contributed by atoms with Crippen molar-refractivity contribution in [2.24, 2.45) is 7.05 Å². The van der Waals surface area contributed by atoms with E-state index < -0.39 is 0 Å². The molecular formula is C13H13BrClN3O. The number of aryl methyl sites for hydroxylation is 2. The molecular weight excluding hydrogens is 330 g/mol. The Bertz CT molecular complexity index is 652. The quantitative estimate of drug-likeness (QED) is 0.904. The highest BCUT2D eigenvalue weighted by molar-refractivity contribution is 9.10. The van der Waals surface area contributed by atoms with Gasteiger partial charge in [0, 0.05) is 22.2 Å². The lowest BCUT2D eigenvalue weighted by Crippen LogP contribution is -2.14. The van der Waals surface area contributed by atoms with E-state index in [9.17, 15) is 4.79 Å². The molecule has 0 bridgehead atoms. The highest BCUT2D eigenvalue weighted by atomic mass is 79.9. The van der Waals surface area contributed by atoms with Gasteiger partial charge in [0.05, 0.1) is 16.9 Å². The van der Waals surface area contributed by atoms with E-state index in [0.29, 0.717) is 22.0 Å². The second-order valence-electron chi connectivity index (χ2n) is 4.25. The Hall–Kier alpha value is -1.33. The average molecular weight is 343 g/mol. The van der Waals surface area contributed by atoms with Crippen molar-refractivity contribution >= 4 is 39.1 Å². The maximum atomic E-state index is 12.3. The van der Waals surface area contributed by atoms with Crippen molar-refractivity contribution in [3.63, 3.8) is 0 Å². The van der Waals surface area contributed by atoms with Crippen LogP contribution in [0.2, 0.25) is 5.02 Å². The molecule has 19 heavy (non-hydrogen) atoms. The molecule has 0 radical (unpaired) electrons. The molecule has 1 aromatic heterocycles. The summed E-state index contributed by atoms with van der Waals surface area (Å²) in [6, 6.07) is 5.24. The molecule has 0 spiro atoms. The van der Waals surface area contributed by atoms with Gasteiger partial charge in [0.1, 0.15) is 0 Å². The molecule has 100 valence electrons. The zero-order chi connectivity index (χ0) is 14.2. The van der Waals surface area contributed by atoms with Gasteiger partial charge >= 0.3 is 0 Å². The fourth-order valence-electron chi connectivity index (χ4n) is 1.88. The molecule has 2 aromatic rings. The van der Waals surface area contributed by atoms with Crippen LogP contribution in [0, 0.1) is 13.8 Å². The van der Waals surface area contributed by atoms with E-state index >= 15 is 0 Å². The Morgan fingerprint density at radius 3 is 2.68 bits per heavy atom. The predicted octanol–water partition coefficient (Wildman–Crippen LogP) is 3.71. The van der Waals surface area contributed by atoms with Crippen LogP contribution in [0.3, 0.4) is 0 Å². The number of nitrogens with zero attached hydrogens (tertiary/aromatic N) is 2. The highest BCUT2D eigenvalue weighted by Crippen LogP contribution is 2.27. The molecule has 0 fully saturated rings. The van der Waals surface area contributed by atoms with Gasteiger partial charge in [0.25, 0.3) is 5.91 Å². The molecule has 4 nitrogen and oxygen atoms in total. The Kier molecular flexibility index (Phi) is 3.96. The standard InChI is InChI=1S/C13H13BrClN3O/c1-7-12(8(2)18(3)17-7)13(19)16-11-6-9(15)4-5-10(11)14/h4-6H,1-3H3,(H,16,19). The number of rotatable bonds is 2. The van der Waals surface area contributed by atoms with Gasteiger partial charge < -0.3 is 5.32 Å². The summed E-state index contributed by atoms with van der Waals surface area (Å²) in [7, 11) is 1.81. The van der Waals surface area contributed by atoms with Crippen LogP contribution in [0.1, 0.15) is 21.7 Å². The van der Waals surface area contributed by atoms with Crippen molar-refractivity contribution in [2.75, 3.05) is 5.32 Å². The lowest BCUT2D eigenvalue weighted by atomic mass is 10.2. The lowest BCUT2D eigenvalue weighted by molar-refractivity contribution is 0.102. The third-order valence-corrected chi connectivity index (χ3v) is 3.84. The van der Waals surface area contributed by atoms with Gasteiger partial charge in [-0.3, -0.25) is 9.48 Å². The van der Waals surface area contributed by atoms with Gasteiger partial charge in [-0.05, 0) is 48.0 Å². The molecule has 0 unspecified atom stereocenters. The predicted molar refractivity (Wildman–Crippen MR) is 79.8 cm³/mol. The number of carbonyl (C=O) groups excluding carboxylic acids is 1. The molecule has 0 aliphatic rings. The lowest BCUT2D eigenvalue weighted by Gasteiger charge is -2.08. The molecule has 1 heterocycles. The summed E-state index contributed by atoms with van der Waals surface area (Å²) < 4.78 is 2.47. The maximum Gasteiger partial charge on any atom is 0.259 e. The number of nitrogens with one attached hydrogen (secondary N) is 1. The van der Waals surface area contributed by atoms with E-state index in [0.717, 1.165) is 10.2 Å². The summed E-state index contributed by atoms with van der Waals surface area (Å²) >= 11 is 9.30. The fourth-order valence-corrected chi connectivity index (χ4v) is 2.40. The first-order valence-electron chi connectivity index (χ1n) is 5.66. The summed E-state index contributed by atoms with van der Waals surface area (Å²) in [5, 5.41) is 7.64. The summed E-state index contributed by atoms with van der Waals surface area (Å²) in [6.07, 6.45) is 0. The van der Waals surface area contributed by atoms with Gasteiger partial charge in [-0.2, -0.15) is 5.10 Å². The van der Waals surface area contributed by atoms with Crippen LogP contribution in [-0.4, -0.2) is 15.7 Å². The minimum atomic E-state index is -0.189. The third kappa shape index (κ3) is 2.82. The molecule has 1 N–H and O–H groups in total. The monoisotopic (exact) mass is 341 g/mol. The SMILES string of the molecule is Cc1nn(C)c(C)c1C(=O)Nc1cc(Cl)ccc1Br. The van der Waals surface area contributed by atoms with Crippen molar-refractivity contribution in [2.45, 2.75) is 13.8 Å². The molecule has 0 aliphatic carbocycles. The largest absolute Gasteiger partial charge is 0.321 e. The van der Waals surface area contributed by atoms with Crippen molar-refractivity contribution in [3.05, 3.63) is 44.6 Å². The van der Waals surface area contributed by atoms with Crippen LogP contribution in [0.4, 0.5) is 5.69 Å². The number of aromatic nitrogens is 2. The minimum absolute atomic E-state index is 0.189. The molecule has 0 atom stereocenters. The van der Waals surface area contributed by atoms with E-state index in [1.165, 1.54) is 0 Å². The van der Waals surface area contributed by atoms with Crippen molar-refractivity contribution < 1.29 is 4.79 Å². The Morgan fingerprint density at radius 1 is 1.42 bits per heavy atom. The summed E-state index contributed by atoms with van der Waals surface area (Å²) in [5.74, 6) is -0.189. The maximum absolute atomic E-state index is 12.3. The first kappa shape index (κ1) is 14.1. The molecule has 0 saturated carbocycles. The van der Waals surface area contributed by atoms with E-state index in [1.807, 2.05) is 20.9 Å². The number of anilines is 1. The summed E-state index contributed by atoms with van der Waals surface area (Å²) in [4.78, 5) is 12.3. The van der Waals surface area contributed by atoms with Crippen molar-refractivity contribution in [1.29, 1.82) is 0 Å². The molecule has 2 rings (SSSR count). The topological polar surface area (TPSA) is 46.9 Å². The van der Waals surface area contributed by atoms with Crippen LogP contribution in [0.15, 0.2) is 22.7 Å². The van der Waals surface area contributed by atoms with E-state index in [2.05, 4.69) is 26.3 Å². The first-order chi connectivity index (χ1) is 8.90. The van der Waals surface area contributed by atoms with Crippen LogP contribution in [0.5, 0.6) is 0 Å². The smallest absolute Gasteiger partial charge is 0.259 e. The van der Waals surface area contributed by atoms with Crippen LogP contribution in [-0.2, 0) is 7.05 Å². The number of hydrogen-bond donors (Lipinski definition) is 1.